The van der Waals surface area contributed by atoms with Crippen LogP contribution < -0.4 is 9.64 Å². The number of benzene rings is 2. The number of halogens is 1. The molecule has 0 unspecified atom stereocenters. The molecule has 140 valence electrons. The molecule has 3 rings (SSSR count). The minimum atomic E-state index is -0.441. The molecule has 0 aliphatic carbocycles. The highest BCUT2D eigenvalue weighted by Gasteiger charge is 2.41. The highest BCUT2D eigenvalue weighted by Crippen LogP contribution is 2.35. The third-order valence-corrected chi connectivity index (χ3v) is 4.59. The van der Waals surface area contributed by atoms with Gasteiger partial charge in [0.1, 0.15) is 11.4 Å². The Morgan fingerprint density at radius 2 is 1.67 bits per heavy atom. The summed E-state index contributed by atoms with van der Waals surface area (Å²) in [7, 11) is 3.23. The lowest BCUT2D eigenvalue weighted by Crippen LogP contribution is -2.34. The van der Waals surface area contributed by atoms with E-state index in [2.05, 4.69) is 0 Å². The molecule has 6 nitrogen and oxygen atoms in total. The zero-order chi connectivity index (χ0) is 19.6. The van der Waals surface area contributed by atoms with E-state index in [1.54, 1.807) is 67.6 Å². The lowest BCUT2D eigenvalue weighted by molar-refractivity contribution is -0.120. The van der Waals surface area contributed by atoms with Crippen LogP contribution in [-0.2, 0) is 9.59 Å². The van der Waals surface area contributed by atoms with Crippen molar-refractivity contribution in [1.29, 1.82) is 0 Å². The van der Waals surface area contributed by atoms with Gasteiger partial charge in [-0.15, -0.1) is 0 Å². The minimum Gasteiger partial charge on any atom is -0.497 e. The standard InChI is InChI=1S/C20H19ClN2O4/c1-22(11-12-24)18-17(13-3-9-16(27-2)10-4-13)19(25)23(20(18)26)15-7-5-14(21)6-8-15/h3-10,24H,11-12H2,1-2H3. The molecule has 1 aliphatic rings. The van der Waals surface area contributed by atoms with E-state index in [1.807, 2.05) is 0 Å². The van der Waals surface area contributed by atoms with E-state index in [4.69, 9.17) is 16.3 Å². The quantitative estimate of drug-likeness (QED) is 0.773. The molecule has 0 bridgehead atoms. The summed E-state index contributed by atoms with van der Waals surface area (Å²) in [6, 6.07) is 13.4. The van der Waals surface area contributed by atoms with E-state index < -0.39 is 11.8 Å². The van der Waals surface area contributed by atoms with Gasteiger partial charge in [0, 0.05) is 18.6 Å². The first kappa shape index (κ1) is 18.9. The van der Waals surface area contributed by atoms with E-state index in [0.717, 1.165) is 4.90 Å². The third kappa shape index (κ3) is 3.54. The van der Waals surface area contributed by atoms with Crippen LogP contribution in [0.3, 0.4) is 0 Å². The van der Waals surface area contributed by atoms with Crippen molar-refractivity contribution in [1.82, 2.24) is 4.90 Å². The fraction of sp³-hybridized carbons (Fsp3) is 0.200. The molecule has 0 saturated heterocycles. The number of aliphatic hydroxyl groups excluding tert-OH is 1. The maximum Gasteiger partial charge on any atom is 0.282 e. The summed E-state index contributed by atoms with van der Waals surface area (Å²) in [5.74, 6) is -0.215. The van der Waals surface area contributed by atoms with E-state index in [-0.39, 0.29) is 24.4 Å². The van der Waals surface area contributed by atoms with Crippen molar-refractivity contribution in [3.8, 4) is 5.75 Å². The highest BCUT2D eigenvalue weighted by molar-refractivity contribution is 6.45. The molecule has 7 heteroatoms. The van der Waals surface area contributed by atoms with Gasteiger partial charge in [-0.1, -0.05) is 23.7 Å². The summed E-state index contributed by atoms with van der Waals surface area (Å²) in [6.45, 7) is 0.0841. The van der Waals surface area contributed by atoms with Gasteiger partial charge in [-0.05, 0) is 42.0 Å². The van der Waals surface area contributed by atoms with Crippen molar-refractivity contribution >= 4 is 34.7 Å². The summed E-state index contributed by atoms with van der Waals surface area (Å²) >= 11 is 5.92. The first-order valence-corrected chi connectivity index (χ1v) is 8.70. The van der Waals surface area contributed by atoms with Gasteiger partial charge in [0.2, 0.25) is 0 Å². The zero-order valence-electron chi connectivity index (χ0n) is 15.0. The monoisotopic (exact) mass is 386 g/mol. The highest BCUT2D eigenvalue weighted by atomic mass is 35.5. The molecule has 0 radical (unpaired) electrons. The first-order chi connectivity index (χ1) is 13.0. The molecule has 2 aromatic rings. The van der Waals surface area contributed by atoms with Gasteiger partial charge in [-0.25, -0.2) is 4.90 Å². The summed E-state index contributed by atoms with van der Waals surface area (Å²) in [6.07, 6.45) is 0. The number of imide groups is 1. The number of ether oxygens (including phenoxy) is 1. The summed E-state index contributed by atoms with van der Waals surface area (Å²) < 4.78 is 5.16. The van der Waals surface area contributed by atoms with Gasteiger partial charge in [0.15, 0.2) is 0 Å². The number of anilines is 1. The molecule has 27 heavy (non-hydrogen) atoms. The van der Waals surface area contributed by atoms with Crippen LogP contribution in [0.25, 0.3) is 5.57 Å². The Labute approximate surface area is 162 Å². The van der Waals surface area contributed by atoms with Crippen molar-refractivity contribution in [2.45, 2.75) is 0 Å². The van der Waals surface area contributed by atoms with Crippen LogP contribution in [0.2, 0.25) is 5.02 Å². The Kier molecular flexibility index (Phi) is 5.48. The number of likely N-dealkylation sites (N-methyl/N-ethyl adjacent to an activating group) is 1. The van der Waals surface area contributed by atoms with Crippen LogP contribution >= 0.6 is 11.6 Å². The number of carbonyl (C=O) groups is 2. The van der Waals surface area contributed by atoms with Crippen LogP contribution in [-0.4, -0.2) is 49.1 Å². The van der Waals surface area contributed by atoms with Crippen LogP contribution in [0.4, 0.5) is 5.69 Å². The largest absolute Gasteiger partial charge is 0.497 e. The van der Waals surface area contributed by atoms with Crippen molar-refractivity contribution < 1.29 is 19.4 Å². The van der Waals surface area contributed by atoms with Crippen molar-refractivity contribution in [2.24, 2.45) is 0 Å². The van der Waals surface area contributed by atoms with Gasteiger partial charge >= 0.3 is 0 Å². The van der Waals surface area contributed by atoms with Gasteiger partial charge < -0.3 is 14.7 Å². The second kappa shape index (κ2) is 7.82. The molecule has 1 heterocycles. The molecule has 0 aromatic heterocycles. The topological polar surface area (TPSA) is 70.1 Å². The van der Waals surface area contributed by atoms with Crippen molar-refractivity contribution in [3.63, 3.8) is 0 Å². The number of nitrogens with zero attached hydrogens (tertiary/aromatic N) is 2. The normalized spacial score (nSPS) is 14.1. The fourth-order valence-electron chi connectivity index (χ4n) is 2.98. The smallest absolute Gasteiger partial charge is 0.282 e. The number of amides is 2. The Hall–Kier alpha value is -2.83. The number of aliphatic hydroxyl groups is 1. The summed E-state index contributed by atoms with van der Waals surface area (Å²) in [4.78, 5) is 29.0. The SMILES string of the molecule is COc1ccc(C2=C(N(C)CCO)C(=O)N(c3ccc(Cl)cc3)C2=O)cc1. The lowest BCUT2D eigenvalue weighted by atomic mass is 10.0. The third-order valence-electron chi connectivity index (χ3n) is 4.34. The number of rotatable bonds is 6. The van der Waals surface area contributed by atoms with Crippen molar-refractivity contribution in [3.05, 3.63) is 64.8 Å². The predicted molar refractivity (Wildman–Crippen MR) is 104 cm³/mol. The molecule has 0 atom stereocenters. The second-order valence-electron chi connectivity index (χ2n) is 6.02. The zero-order valence-corrected chi connectivity index (χ0v) is 15.7. The van der Waals surface area contributed by atoms with Gasteiger partial charge in [0.05, 0.1) is 25.0 Å². The van der Waals surface area contributed by atoms with Crippen LogP contribution in [0, 0.1) is 0 Å². The maximum absolute atomic E-state index is 13.2. The predicted octanol–water partition coefficient (Wildman–Crippen LogP) is 2.56. The Morgan fingerprint density at radius 1 is 1.04 bits per heavy atom. The number of hydrogen-bond donors (Lipinski definition) is 1. The molecule has 1 N–H and O–H groups in total. The average Bonchev–Trinajstić information content (AvgIpc) is 2.93. The first-order valence-electron chi connectivity index (χ1n) is 8.33. The molecule has 2 aromatic carbocycles. The van der Waals surface area contributed by atoms with E-state index in [0.29, 0.717) is 22.0 Å². The van der Waals surface area contributed by atoms with Gasteiger partial charge in [0.25, 0.3) is 11.8 Å². The van der Waals surface area contributed by atoms with E-state index in [9.17, 15) is 14.7 Å². The van der Waals surface area contributed by atoms with Crippen LogP contribution in [0.15, 0.2) is 54.2 Å². The Bertz CT molecular complexity index is 891. The lowest BCUT2D eigenvalue weighted by Gasteiger charge is -2.20. The Morgan fingerprint density at radius 3 is 2.22 bits per heavy atom. The van der Waals surface area contributed by atoms with Gasteiger partial charge in [-0.3, -0.25) is 9.59 Å². The fourth-order valence-corrected chi connectivity index (χ4v) is 3.10. The van der Waals surface area contributed by atoms with Gasteiger partial charge in [-0.2, -0.15) is 0 Å². The summed E-state index contributed by atoms with van der Waals surface area (Å²) in [5, 5.41) is 9.80. The van der Waals surface area contributed by atoms with Crippen LogP contribution in [0.1, 0.15) is 5.56 Å². The molecular formula is C20H19ClN2O4. The molecule has 0 saturated carbocycles. The summed E-state index contributed by atoms with van der Waals surface area (Å²) in [5.41, 5.74) is 1.57. The van der Waals surface area contributed by atoms with Crippen LogP contribution in [0.5, 0.6) is 5.75 Å². The second-order valence-corrected chi connectivity index (χ2v) is 6.46. The maximum atomic E-state index is 13.2. The number of hydrogen-bond acceptors (Lipinski definition) is 5. The number of methoxy groups -OCH3 is 1. The average molecular weight is 387 g/mol. The molecule has 0 fully saturated rings. The molecule has 0 spiro atoms. The molecule has 1 aliphatic heterocycles. The Balaban J connectivity index is 2.09. The van der Waals surface area contributed by atoms with E-state index >= 15 is 0 Å². The number of carbonyl (C=O) groups excluding carboxylic acids is 2. The van der Waals surface area contributed by atoms with E-state index in [1.165, 1.54) is 0 Å². The van der Waals surface area contributed by atoms with Crippen molar-refractivity contribution in [2.75, 3.05) is 32.2 Å². The minimum absolute atomic E-state index is 0.141. The molecular weight excluding hydrogens is 368 g/mol. The molecule has 2 amide bonds.